The van der Waals surface area contributed by atoms with Crippen molar-refractivity contribution in [3.63, 3.8) is 0 Å². The van der Waals surface area contributed by atoms with E-state index in [-0.39, 0.29) is 5.54 Å². The number of hydrogen-bond donors (Lipinski definition) is 2. The maximum atomic E-state index is 6.02. The van der Waals surface area contributed by atoms with Gasteiger partial charge in [-0.15, -0.1) is 0 Å². The average Bonchev–Trinajstić information content (AvgIpc) is 2.84. The van der Waals surface area contributed by atoms with Gasteiger partial charge in [0.2, 0.25) is 0 Å². The maximum absolute atomic E-state index is 6.02. The van der Waals surface area contributed by atoms with Crippen molar-refractivity contribution in [3.05, 3.63) is 0 Å². The maximum Gasteiger partial charge on any atom is 0.0282 e. The largest absolute Gasteiger partial charge is 0.324 e. The molecule has 2 rings (SSSR count). The van der Waals surface area contributed by atoms with E-state index in [0.29, 0.717) is 0 Å². The highest BCUT2D eigenvalue weighted by Crippen LogP contribution is 2.31. The van der Waals surface area contributed by atoms with Crippen molar-refractivity contribution in [1.82, 2.24) is 10.2 Å². The van der Waals surface area contributed by atoms with Crippen molar-refractivity contribution in [3.8, 4) is 0 Å². The minimum atomic E-state index is 0.167. The van der Waals surface area contributed by atoms with E-state index in [1.807, 2.05) is 0 Å². The smallest absolute Gasteiger partial charge is 0.0282 e. The predicted molar refractivity (Wildman–Crippen MR) is 59.2 cm³/mol. The van der Waals surface area contributed by atoms with Gasteiger partial charge in [0, 0.05) is 18.6 Å². The Morgan fingerprint density at radius 1 is 1.50 bits per heavy atom. The summed E-state index contributed by atoms with van der Waals surface area (Å²) in [6, 6.07) is 0. The van der Waals surface area contributed by atoms with Gasteiger partial charge in [-0.1, -0.05) is 0 Å². The number of nitrogens with two attached hydrogens (primary N) is 1. The molecule has 1 saturated heterocycles. The van der Waals surface area contributed by atoms with E-state index in [9.17, 15) is 0 Å². The van der Waals surface area contributed by atoms with Crippen LogP contribution in [0.25, 0.3) is 0 Å². The fourth-order valence-electron chi connectivity index (χ4n) is 2.30. The van der Waals surface area contributed by atoms with Gasteiger partial charge in [0.25, 0.3) is 0 Å². The van der Waals surface area contributed by atoms with E-state index >= 15 is 0 Å². The summed E-state index contributed by atoms with van der Waals surface area (Å²) in [5, 5.41) is 3.53. The Morgan fingerprint density at radius 2 is 2.29 bits per heavy atom. The van der Waals surface area contributed by atoms with E-state index in [4.69, 9.17) is 5.73 Å². The summed E-state index contributed by atoms with van der Waals surface area (Å²) in [7, 11) is 2.22. The molecular formula is C11H23N3. The molecule has 0 bridgehead atoms. The highest BCUT2D eigenvalue weighted by molar-refractivity contribution is 5.00. The second-order valence-electron chi connectivity index (χ2n) is 5.26. The fraction of sp³-hybridized carbons (Fsp3) is 1.00. The SMILES string of the molecule is CN1CCCC(CNCC2(N)CC2)C1. The summed E-state index contributed by atoms with van der Waals surface area (Å²) in [5.74, 6) is 0.844. The summed E-state index contributed by atoms with van der Waals surface area (Å²) >= 11 is 0. The highest BCUT2D eigenvalue weighted by Gasteiger charge is 2.37. The second kappa shape index (κ2) is 4.17. The third-order valence-corrected chi connectivity index (χ3v) is 3.52. The topological polar surface area (TPSA) is 41.3 Å². The van der Waals surface area contributed by atoms with E-state index in [1.54, 1.807) is 0 Å². The van der Waals surface area contributed by atoms with Crippen LogP contribution in [0, 0.1) is 5.92 Å². The van der Waals surface area contributed by atoms with Crippen LogP contribution in [0.15, 0.2) is 0 Å². The van der Waals surface area contributed by atoms with Gasteiger partial charge in [0.15, 0.2) is 0 Å². The van der Waals surface area contributed by atoms with Gasteiger partial charge in [-0.2, -0.15) is 0 Å². The lowest BCUT2D eigenvalue weighted by Gasteiger charge is -2.30. The van der Waals surface area contributed by atoms with Gasteiger partial charge in [-0.3, -0.25) is 0 Å². The van der Waals surface area contributed by atoms with Gasteiger partial charge in [0.1, 0.15) is 0 Å². The Hall–Kier alpha value is -0.120. The first kappa shape index (κ1) is 10.4. The molecule has 0 spiro atoms. The predicted octanol–water partition coefficient (Wildman–Crippen LogP) is 0.409. The van der Waals surface area contributed by atoms with Crippen molar-refractivity contribution in [2.24, 2.45) is 11.7 Å². The molecule has 3 nitrogen and oxygen atoms in total. The van der Waals surface area contributed by atoms with Crippen LogP contribution in [0.2, 0.25) is 0 Å². The Morgan fingerprint density at radius 3 is 2.93 bits per heavy atom. The number of nitrogens with one attached hydrogen (secondary N) is 1. The zero-order valence-electron chi connectivity index (χ0n) is 9.26. The van der Waals surface area contributed by atoms with Crippen LogP contribution in [0.5, 0.6) is 0 Å². The molecule has 14 heavy (non-hydrogen) atoms. The van der Waals surface area contributed by atoms with Crippen LogP contribution >= 0.6 is 0 Å². The summed E-state index contributed by atoms with van der Waals surface area (Å²) in [5.41, 5.74) is 6.18. The van der Waals surface area contributed by atoms with Crippen molar-refractivity contribution in [2.75, 3.05) is 33.2 Å². The zero-order valence-corrected chi connectivity index (χ0v) is 9.26. The lowest BCUT2D eigenvalue weighted by Crippen LogP contribution is -2.41. The Bertz CT molecular complexity index is 189. The van der Waals surface area contributed by atoms with Gasteiger partial charge >= 0.3 is 0 Å². The Kier molecular flexibility index (Phi) is 3.10. The van der Waals surface area contributed by atoms with Gasteiger partial charge in [0.05, 0.1) is 0 Å². The molecule has 0 radical (unpaired) electrons. The molecule has 1 saturated carbocycles. The molecule has 0 aromatic carbocycles. The highest BCUT2D eigenvalue weighted by atomic mass is 15.1. The Labute approximate surface area is 87.0 Å². The molecule has 0 aromatic heterocycles. The Balaban J connectivity index is 1.60. The fourth-order valence-corrected chi connectivity index (χ4v) is 2.30. The molecule has 3 heteroatoms. The number of rotatable bonds is 4. The van der Waals surface area contributed by atoms with Gasteiger partial charge in [-0.25, -0.2) is 0 Å². The molecule has 2 fully saturated rings. The standard InChI is InChI=1S/C11H23N3/c1-14-6-2-3-10(8-14)7-13-9-11(12)4-5-11/h10,13H,2-9,12H2,1H3. The minimum absolute atomic E-state index is 0.167. The monoisotopic (exact) mass is 197 g/mol. The van der Waals surface area contributed by atoms with Crippen LogP contribution in [0.4, 0.5) is 0 Å². The van der Waals surface area contributed by atoms with Gasteiger partial charge in [-0.05, 0) is 51.7 Å². The molecule has 1 heterocycles. The lowest BCUT2D eigenvalue weighted by molar-refractivity contribution is 0.205. The first-order chi connectivity index (χ1) is 6.68. The number of nitrogens with zero attached hydrogens (tertiary/aromatic N) is 1. The van der Waals surface area contributed by atoms with E-state index in [1.165, 1.54) is 38.8 Å². The normalized spacial score (nSPS) is 31.7. The van der Waals surface area contributed by atoms with Crippen LogP contribution in [0.1, 0.15) is 25.7 Å². The summed E-state index contributed by atoms with van der Waals surface area (Å²) < 4.78 is 0. The second-order valence-corrected chi connectivity index (χ2v) is 5.26. The molecule has 0 amide bonds. The first-order valence-corrected chi connectivity index (χ1v) is 5.86. The summed E-state index contributed by atoms with van der Waals surface area (Å²) in [4.78, 5) is 2.44. The summed E-state index contributed by atoms with van der Waals surface area (Å²) in [6.45, 7) is 4.71. The molecule has 1 unspecified atom stereocenters. The first-order valence-electron chi connectivity index (χ1n) is 5.86. The molecule has 1 aliphatic carbocycles. The lowest BCUT2D eigenvalue weighted by atomic mass is 9.98. The quantitative estimate of drug-likeness (QED) is 0.686. The molecular weight excluding hydrogens is 174 g/mol. The van der Waals surface area contributed by atoms with Crippen molar-refractivity contribution in [2.45, 2.75) is 31.2 Å². The average molecular weight is 197 g/mol. The van der Waals surface area contributed by atoms with E-state index in [2.05, 4.69) is 17.3 Å². The number of piperidine rings is 1. The van der Waals surface area contributed by atoms with E-state index in [0.717, 1.165) is 19.0 Å². The molecule has 2 aliphatic rings. The zero-order chi connectivity index (χ0) is 10.0. The minimum Gasteiger partial charge on any atom is -0.324 e. The van der Waals surface area contributed by atoms with E-state index < -0.39 is 0 Å². The van der Waals surface area contributed by atoms with Crippen LogP contribution in [-0.2, 0) is 0 Å². The molecule has 1 atom stereocenters. The van der Waals surface area contributed by atoms with Crippen LogP contribution in [0.3, 0.4) is 0 Å². The van der Waals surface area contributed by atoms with Gasteiger partial charge < -0.3 is 16.0 Å². The van der Waals surface area contributed by atoms with Crippen LogP contribution < -0.4 is 11.1 Å². The van der Waals surface area contributed by atoms with Crippen molar-refractivity contribution in [1.29, 1.82) is 0 Å². The summed E-state index contributed by atoms with van der Waals surface area (Å²) in [6.07, 6.45) is 5.17. The molecule has 82 valence electrons. The van der Waals surface area contributed by atoms with Crippen LogP contribution in [-0.4, -0.2) is 43.7 Å². The number of likely N-dealkylation sites (tertiary alicyclic amines) is 1. The third kappa shape index (κ3) is 2.94. The van der Waals surface area contributed by atoms with Crippen molar-refractivity contribution < 1.29 is 0 Å². The molecule has 3 N–H and O–H groups in total. The molecule has 0 aromatic rings. The molecule has 1 aliphatic heterocycles. The number of hydrogen-bond acceptors (Lipinski definition) is 3. The van der Waals surface area contributed by atoms with Crippen molar-refractivity contribution >= 4 is 0 Å². The third-order valence-electron chi connectivity index (χ3n) is 3.52.